The van der Waals surface area contributed by atoms with Crippen molar-refractivity contribution in [3.63, 3.8) is 0 Å². The molecular weight excluding hydrogens is 240 g/mol. The molecule has 0 spiro atoms. The van der Waals surface area contributed by atoms with E-state index in [9.17, 15) is 0 Å². The Morgan fingerprint density at radius 1 is 0.947 bits per heavy atom. The first kappa shape index (κ1) is 13.0. The molecule has 0 saturated carbocycles. The van der Waals surface area contributed by atoms with Gasteiger partial charge in [0.1, 0.15) is 0 Å². The lowest BCUT2D eigenvalue weighted by Gasteiger charge is -2.10. The summed E-state index contributed by atoms with van der Waals surface area (Å²) in [4.78, 5) is 4.07. The Hall–Kier alpha value is -2.49. The molecule has 98 valence electrons. The molecule has 2 aromatic rings. The maximum absolute atomic E-state index is 5.30. The summed E-state index contributed by atoms with van der Waals surface area (Å²) < 4.78 is 10.5. The van der Waals surface area contributed by atoms with Crippen LogP contribution < -0.4 is 15.2 Å². The monoisotopic (exact) mass is 256 g/mol. The molecule has 2 rings (SSSR count). The van der Waals surface area contributed by atoms with Gasteiger partial charge in [0.15, 0.2) is 11.5 Å². The zero-order valence-electron chi connectivity index (χ0n) is 11.0. The summed E-state index contributed by atoms with van der Waals surface area (Å²) in [5.41, 5.74) is 8.20. The third kappa shape index (κ3) is 2.85. The van der Waals surface area contributed by atoms with Gasteiger partial charge in [0, 0.05) is 0 Å². The highest BCUT2D eigenvalue weighted by Crippen LogP contribution is 2.33. The van der Waals surface area contributed by atoms with Crippen molar-refractivity contribution in [2.75, 3.05) is 14.2 Å². The summed E-state index contributed by atoms with van der Waals surface area (Å²) in [6.45, 7) is 0. The van der Waals surface area contributed by atoms with Crippen molar-refractivity contribution in [1.29, 1.82) is 0 Å². The number of nitrogens with zero attached hydrogens (tertiary/aromatic N) is 1. The van der Waals surface area contributed by atoms with Crippen LogP contribution in [0.3, 0.4) is 0 Å². The van der Waals surface area contributed by atoms with Gasteiger partial charge in [0.2, 0.25) is 0 Å². The number of benzene rings is 2. The van der Waals surface area contributed by atoms with Crippen LogP contribution in [0.15, 0.2) is 47.5 Å². The first-order chi connectivity index (χ1) is 9.28. The maximum Gasteiger partial charge on any atom is 0.161 e. The molecule has 2 N–H and O–H groups in total. The van der Waals surface area contributed by atoms with Gasteiger partial charge in [-0.1, -0.05) is 18.2 Å². The molecule has 0 aliphatic carbocycles. The number of hydrogen-bond donors (Lipinski definition) is 1. The standard InChI is InChI=1S/C15H16N2O2/c1-18-14-7-6-12(9-15(14)19-2)11-4-3-5-13(8-11)17-10-16/h3-10H,1-2H3,(H2,16,17). The number of methoxy groups -OCH3 is 2. The van der Waals surface area contributed by atoms with Crippen molar-refractivity contribution in [2.45, 2.75) is 0 Å². The van der Waals surface area contributed by atoms with Crippen molar-refractivity contribution in [1.82, 2.24) is 0 Å². The second-order valence-corrected chi connectivity index (χ2v) is 3.90. The summed E-state index contributed by atoms with van der Waals surface area (Å²) in [5.74, 6) is 1.41. The number of rotatable bonds is 4. The second-order valence-electron chi connectivity index (χ2n) is 3.90. The first-order valence-electron chi connectivity index (χ1n) is 5.85. The Balaban J connectivity index is 2.44. The van der Waals surface area contributed by atoms with Crippen LogP contribution in [0.25, 0.3) is 11.1 Å². The van der Waals surface area contributed by atoms with Gasteiger partial charge in [-0.05, 0) is 35.4 Å². The molecular formula is C15H16N2O2. The Morgan fingerprint density at radius 3 is 2.37 bits per heavy atom. The minimum atomic E-state index is 0.702. The van der Waals surface area contributed by atoms with E-state index >= 15 is 0 Å². The Bertz CT molecular complexity index is 594. The summed E-state index contributed by atoms with van der Waals surface area (Å²) in [6, 6.07) is 13.6. The molecule has 0 aliphatic rings. The second kappa shape index (κ2) is 5.91. The number of aliphatic imine (C=N–C) groups is 1. The minimum absolute atomic E-state index is 0.702. The maximum atomic E-state index is 5.30. The zero-order chi connectivity index (χ0) is 13.7. The highest BCUT2D eigenvalue weighted by atomic mass is 16.5. The van der Waals surface area contributed by atoms with Gasteiger partial charge in [0.05, 0.1) is 26.2 Å². The van der Waals surface area contributed by atoms with Crippen molar-refractivity contribution >= 4 is 12.0 Å². The predicted octanol–water partition coefficient (Wildman–Crippen LogP) is 2.99. The smallest absolute Gasteiger partial charge is 0.161 e. The van der Waals surface area contributed by atoms with E-state index in [2.05, 4.69) is 4.99 Å². The topological polar surface area (TPSA) is 56.8 Å². The lowest BCUT2D eigenvalue weighted by molar-refractivity contribution is 0.355. The average molecular weight is 256 g/mol. The fourth-order valence-corrected chi connectivity index (χ4v) is 1.87. The van der Waals surface area contributed by atoms with E-state index in [4.69, 9.17) is 15.2 Å². The fourth-order valence-electron chi connectivity index (χ4n) is 1.87. The third-order valence-corrected chi connectivity index (χ3v) is 2.79. The van der Waals surface area contributed by atoms with Gasteiger partial charge < -0.3 is 15.2 Å². The highest BCUT2D eigenvalue weighted by Gasteiger charge is 2.06. The quantitative estimate of drug-likeness (QED) is 0.675. The van der Waals surface area contributed by atoms with Crippen LogP contribution in [0.2, 0.25) is 0 Å². The molecule has 0 bridgehead atoms. The van der Waals surface area contributed by atoms with E-state index < -0.39 is 0 Å². The van der Waals surface area contributed by atoms with Crippen LogP contribution in [0, 0.1) is 0 Å². The van der Waals surface area contributed by atoms with Crippen LogP contribution in [0.5, 0.6) is 11.5 Å². The third-order valence-electron chi connectivity index (χ3n) is 2.79. The van der Waals surface area contributed by atoms with E-state index in [1.54, 1.807) is 14.2 Å². The van der Waals surface area contributed by atoms with Gasteiger partial charge in [-0.25, -0.2) is 4.99 Å². The van der Waals surface area contributed by atoms with Gasteiger partial charge in [-0.3, -0.25) is 0 Å². The van der Waals surface area contributed by atoms with Crippen molar-refractivity contribution in [3.8, 4) is 22.6 Å². The van der Waals surface area contributed by atoms with Crippen molar-refractivity contribution in [2.24, 2.45) is 10.7 Å². The molecule has 2 aromatic carbocycles. The molecule has 4 nitrogen and oxygen atoms in total. The lowest BCUT2D eigenvalue weighted by atomic mass is 10.0. The summed E-state index contributed by atoms with van der Waals surface area (Å²) in [6.07, 6.45) is 1.29. The van der Waals surface area contributed by atoms with Gasteiger partial charge in [-0.2, -0.15) is 0 Å². The summed E-state index contributed by atoms with van der Waals surface area (Å²) >= 11 is 0. The largest absolute Gasteiger partial charge is 0.493 e. The average Bonchev–Trinajstić information content (AvgIpc) is 2.47. The molecule has 19 heavy (non-hydrogen) atoms. The van der Waals surface area contributed by atoms with Crippen LogP contribution in [-0.4, -0.2) is 20.6 Å². The molecule has 0 unspecified atom stereocenters. The predicted molar refractivity (Wildman–Crippen MR) is 77.3 cm³/mol. The van der Waals surface area contributed by atoms with Crippen molar-refractivity contribution in [3.05, 3.63) is 42.5 Å². The SMILES string of the molecule is COc1ccc(-c2cccc(N=CN)c2)cc1OC. The summed E-state index contributed by atoms with van der Waals surface area (Å²) in [7, 11) is 3.24. The molecule has 0 aliphatic heterocycles. The fraction of sp³-hybridized carbons (Fsp3) is 0.133. The van der Waals surface area contributed by atoms with E-state index in [1.807, 2.05) is 42.5 Å². The molecule has 0 radical (unpaired) electrons. The van der Waals surface area contributed by atoms with Crippen molar-refractivity contribution < 1.29 is 9.47 Å². The van der Waals surface area contributed by atoms with Gasteiger partial charge in [-0.15, -0.1) is 0 Å². The normalized spacial score (nSPS) is 10.6. The van der Waals surface area contributed by atoms with Crippen LogP contribution >= 0.6 is 0 Å². The Morgan fingerprint density at radius 2 is 1.68 bits per heavy atom. The highest BCUT2D eigenvalue weighted by molar-refractivity contribution is 5.71. The van der Waals surface area contributed by atoms with Crippen LogP contribution in [-0.2, 0) is 0 Å². The molecule has 0 amide bonds. The molecule has 0 fully saturated rings. The Kier molecular flexibility index (Phi) is 4.03. The number of hydrogen-bond acceptors (Lipinski definition) is 3. The zero-order valence-corrected chi connectivity index (χ0v) is 11.0. The van der Waals surface area contributed by atoms with Gasteiger partial charge >= 0.3 is 0 Å². The van der Waals surface area contributed by atoms with E-state index in [1.165, 1.54) is 6.34 Å². The van der Waals surface area contributed by atoms with E-state index in [0.717, 1.165) is 16.8 Å². The first-order valence-corrected chi connectivity index (χ1v) is 5.85. The van der Waals surface area contributed by atoms with E-state index in [-0.39, 0.29) is 0 Å². The molecule has 0 saturated heterocycles. The summed E-state index contributed by atoms with van der Waals surface area (Å²) in [5, 5.41) is 0. The molecule has 0 atom stereocenters. The van der Waals surface area contributed by atoms with Crippen LogP contribution in [0.4, 0.5) is 5.69 Å². The lowest BCUT2D eigenvalue weighted by Crippen LogP contribution is -1.91. The minimum Gasteiger partial charge on any atom is -0.493 e. The molecule has 0 heterocycles. The van der Waals surface area contributed by atoms with E-state index in [0.29, 0.717) is 11.5 Å². The Labute approximate surface area is 112 Å². The number of nitrogens with two attached hydrogens (primary N) is 1. The number of ether oxygens (including phenoxy) is 2. The van der Waals surface area contributed by atoms with Crippen LogP contribution in [0.1, 0.15) is 0 Å². The molecule has 0 aromatic heterocycles. The van der Waals surface area contributed by atoms with Gasteiger partial charge in [0.25, 0.3) is 0 Å². The molecule has 4 heteroatoms.